The molecule has 2 aromatic heterocycles. The molecule has 0 bridgehead atoms. The molecule has 0 unspecified atom stereocenters. The molecular formula is C22H21BrClN5O4S2. The van der Waals surface area contributed by atoms with Crippen molar-refractivity contribution in [3.8, 4) is 11.3 Å². The third kappa shape index (κ3) is 5.84. The number of fused-ring (bicyclic) bond motifs is 1. The van der Waals surface area contributed by atoms with Crippen LogP contribution in [0.1, 0.15) is 6.42 Å². The van der Waals surface area contributed by atoms with Crippen LogP contribution in [0.25, 0.3) is 16.9 Å². The number of aromatic nitrogens is 3. The lowest BCUT2D eigenvalue weighted by Crippen LogP contribution is -2.26. The molecule has 0 fully saturated rings. The lowest BCUT2D eigenvalue weighted by atomic mass is 10.1. The van der Waals surface area contributed by atoms with Crippen LogP contribution in [0, 0.1) is 0 Å². The molecule has 0 saturated carbocycles. The van der Waals surface area contributed by atoms with Gasteiger partial charge in [-0.25, -0.2) is 26.5 Å². The van der Waals surface area contributed by atoms with Crippen molar-refractivity contribution < 1.29 is 16.8 Å². The first-order valence-electron chi connectivity index (χ1n) is 10.4. The molecule has 2 N–H and O–H groups in total. The van der Waals surface area contributed by atoms with Crippen LogP contribution < -0.4 is 10.0 Å². The fraction of sp³-hybridized carbons (Fsp3) is 0.182. The summed E-state index contributed by atoms with van der Waals surface area (Å²) < 4.78 is 53.1. The van der Waals surface area contributed by atoms with Gasteiger partial charge in [0.15, 0.2) is 15.5 Å². The van der Waals surface area contributed by atoms with Gasteiger partial charge in [-0.3, -0.25) is 0 Å². The van der Waals surface area contributed by atoms with Crippen LogP contribution in [-0.2, 0) is 19.9 Å². The Balaban J connectivity index is 1.43. The first kappa shape index (κ1) is 25.6. The van der Waals surface area contributed by atoms with Gasteiger partial charge in [-0.1, -0.05) is 29.8 Å². The number of rotatable bonds is 9. The quantitative estimate of drug-likeness (QED) is 0.279. The summed E-state index contributed by atoms with van der Waals surface area (Å²) in [5.41, 5.74) is 2.07. The topological polar surface area (TPSA) is 123 Å². The summed E-state index contributed by atoms with van der Waals surface area (Å²) in [7, 11) is -7.17. The van der Waals surface area contributed by atoms with Crippen LogP contribution in [0.2, 0.25) is 5.02 Å². The van der Waals surface area contributed by atoms with E-state index < -0.39 is 19.9 Å². The van der Waals surface area contributed by atoms with E-state index in [-0.39, 0.29) is 16.3 Å². The highest BCUT2D eigenvalue weighted by atomic mass is 79.9. The van der Waals surface area contributed by atoms with Gasteiger partial charge in [0.25, 0.3) is 0 Å². The van der Waals surface area contributed by atoms with Crippen molar-refractivity contribution in [1.29, 1.82) is 0 Å². The minimum atomic E-state index is -3.77. The van der Waals surface area contributed by atoms with Gasteiger partial charge < -0.3 is 5.32 Å². The van der Waals surface area contributed by atoms with Crippen LogP contribution in [0.15, 0.2) is 75.1 Å². The highest BCUT2D eigenvalue weighted by Gasteiger charge is 2.16. The normalized spacial score (nSPS) is 12.2. The first-order chi connectivity index (χ1) is 16.6. The minimum absolute atomic E-state index is 0.000487. The van der Waals surface area contributed by atoms with Crippen molar-refractivity contribution in [3.63, 3.8) is 0 Å². The van der Waals surface area contributed by atoms with Crippen molar-refractivity contribution in [2.24, 2.45) is 0 Å². The number of halogens is 2. The van der Waals surface area contributed by atoms with Crippen molar-refractivity contribution in [1.82, 2.24) is 19.3 Å². The van der Waals surface area contributed by atoms with E-state index in [2.05, 4.69) is 36.1 Å². The number of hydrogen-bond donors (Lipinski definition) is 2. The first-order valence-corrected chi connectivity index (χ1v) is 14.9. The van der Waals surface area contributed by atoms with Crippen molar-refractivity contribution in [3.05, 3.63) is 70.3 Å². The molecule has 0 amide bonds. The summed E-state index contributed by atoms with van der Waals surface area (Å²) in [5.74, 6) is 0.676. The van der Waals surface area contributed by atoms with Gasteiger partial charge in [-0.05, 0) is 52.7 Å². The van der Waals surface area contributed by atoms with Gasteiger partial charge in [0.1, 0.15) is 5.82 Å². The van der Waals surface area contributed by atoms with Gasteiger partial charge in [-0.15, -0.1) is 0 Å². The van der Waals surface area contributed by atoms with Gasteiger partial charge in [0.2, 0.25) is 10.0 Å². The molecule has 0 saturated heterocycles. The number of sulfone groups is 1. The minimum Gasteiger partial charge on any atom is -0.370 e. The summed E-state index contributed by atoms with van der Waals surface area (Å²) in [6.07, 6.45) is 3.19. The molecule has 0 aliphatic rings. The van der Waals surface area contributed by atoms with Crippen LogP contribution >= 0.6 is 27.5 Å². The monoisotopic (exact) mass is 597 g/mol. The zero-order chi connectivity index (χ0) is 25.2. The molecule has 35 heavy (non-hydrogen) atoms. The van der Waals surface area contributed by atoms with Crippen molar-refractivity contribution in [2.45, 2.75) is 16.2 Å². The molecule has 4 rings (SSSR count). The summed E-state index contributed by atoms with van der Waals surface area (Å²) in [6.45, 7) is 0.631. The lowest BCUT2D eigenvalue weighted by Gasteiger charge is -2.12. The summed E-state index contributed by atoms with van der Waals surface area (Å²) in [4.78, 5) is 4.72. The Labute approximate surface area is 216 Å². The number of nitrogens with one attached hydrogen (secondary N) is 2. The predicted octanol–water partition coefficient (Wildman–Crippen LogP) is 4.00. The van der Waals surface area contributed by atoms with Crippen LogP contribution in [0.5, 0.6) is 0 Å². The third-order valence-corrected chi connectivity index (χ3v) is 8.59. The molecule has 0 spiro atoms. The van der Waals surface area contributed by atoms with Crippen molar-refractivity contribution in [2.75, 3.05) is 24.7 Å². The standard InChI is InChI=1S/C22H21BrClN5O4S2/c1-34(30,31)15-7-9-16(10-8-15)35(32,33)27-12-4-11-25-21-13-20(17-5-2-3-6-19(17)24)28-22-18(23)14-26-29(21)22/h2-3,5-10,13-14,25,27H,4,11-12H2,1H3. The maximum Gasteiger partial charge on any atom is 0.240 e. The Morgan fingerprint density at radius 1 is 1.00 bits per heavy atom. The highest BCUT2D eigenvalue weighted by molar-refractivity contribution is 9.10. The molecule has 0 aliphatic heterocycles. The smallest absolute Gasteiger partial charge is 0.240 e. The Morgan fingerprint density at radius 2 is 1.69 bits per heavy atom. The van der Waals surface area contributed by atoms with E-state index in [1.54, 1.807) is 16.8 Å². The van der Waals surface area contributed by atoms with Crippen LogP contribution in [0.4, 0.5) is 5.82 Å². The van der Waals surface area contributed by atoms with Gasteiger partial charge in [0, 0.05) is 36.0 Å². The van der Waals surface area contributed by atoms with E-state index in [0.29, 0.717) is 35.1 Å². The number of sulfonamides is 1. The summed E-state index contributed by atoms with van der Waals surface area (Å²) >= 11 is 9.82. The van der Waals surface area contributed by atoms with E-state index in [1.165, 1.54) is 24.3 Å². The Bertz CT molecular complexity index is 1590. The average molecular weight is 599 g/mol. The van der Waals surface area contributed by atoms with E-state index in [1.807, 2.05) is 24.3 Å². The molecule has 0 atom stereocenters. The van der Waals surface area contributed by atoms with Gasteiger partial charge in [0.05, 0.1) is 26.2 Å². The molecule has 2 heterocycles. The largest absolute Gasteiger partial charge is 0.370 e. The maximum absolute atomic E-state index is 12.5. The zero-order valence-corrected chi connectivity index (χ0v) is 22.4. The molecular weight excluding hydrogens is 578 g/mol. The van der Waals surface area contributed by atoms with Crippen LogP contribution in [-0.4, -0.2) is 50.8 Å². The van der Waals surface area contributed by atoms with Crippen molar-refractivity contribution >= 4 is 58.9 Å². The Morgan fingerprint density at radius 3 is 2.37 bits per heavy atom. The maximum atomic E-state index is 12.5. The molecule has 184 valence electrons. The van der Waals surface area contributed by atoms with E-state index in [4.69, 9.17) is 11.6 Å². The zero-order valence-electron chi connectivity index (χ0n) is 18.4. The Kier molecular flexibility index (Phi) is 7.48. The molecule has 4 aromatic rings. The lowest BCUT2D eigenvalue weighted by molar-refractivity contribution is 0.579. The highest BCUT2D eigenvalue weighted by Crippen LogP contribution is 2.30. The molecule has 2 aromatic carbocycles. The van der Waals surface area contributed by atoms with Gasteiger partial charge in [-0.2, -0.15) is 9.61 Å². The Hall–Kier alpha value is -2.51. The summed E-state index contributed by atoms with van der Waals surface area (Å²) in [5, 5.41) is 8.18. The molecule has 0 radical (unpaired) electrons. The second-order valence-corrected chi connectivity index (χ2v) is 12.7. The third-order valence-electron chi connectivity index (χ3n) is 5.09. The second-order valence-electron chi connectivity index (χ2n) is 7.66. The second kappa shape index (κ2) is 10.2. The number of nitrogens with zero attached hydrogens (tertiary/aromatic N) is 3. The van der Waals surface area contributed by atoms with E-state index >= 15 is 0 Å². The van der Waals surface area contributed by atoms with Gasteiger partial charge >= 0.3 is 0 Å². The molecule has 13 heteroatoms. The number of benzene rings is 2. The number of anilines is 1. The van der Waals surface area contributed by atoms with E-state index in [9.17, 15) is 16.8 Å². The predicted molar refractivity (Wildman–Crippen MR) is 139 cm³/mol. The van der Waals surface area contributed by atoms with E-state index in [0.717, 1.165) is 16.3 Å². The van der Waals surface area contributed by atoms with Crippen LogP contribution in [0.3, 0.4) is 0 Å². The fourth-order valence-electron chi connectivity index (χ4n) is 3.33. The molecule has 0 aliphatic carbocycles. The summed E-state index contributed by atoms with van der Waals surface area (Å²) in [6, 6.07) is 14.3. The molecule has 9 nitrogen and oxygen atoms in total. The average Bonchev–Trinajstić information content (AvgIpc) is 3.19. The SMILES string of the molecule is CS(=O)(=O)c1ccc(S(=O)(=O)NCCCNc2cc(-c3ccccc3Cl)nc3c(Br)cnn23)cc1. The fourth-order valence-corrected chi connectivity index (χ4v) is 5.61. The number of hydrogen-bond acceptors (Lipinski definition) is 7.